The monoisotopic (exact) mass is 341 g/mol. The zero-order chi connectivity index (χ0) is 17.8. The third-order valence-electron chi connectivity index (χ3n) is 4.26. The summed E-state index contributed by atoms with van der Waals surface area (Å²) in [4.78, 5) is 35.1. The summed E-state index contributed by atoms with van der Waals surface area (Å²) in [5.74, 6) is 0.245. The van der Waals surface area contributed by atoms with E-state index in [0.717, 1.165) is 11.3 Å². The molecule has 0 saturated carbocycles. The van der Waals surface area contributed by atoms with Crippen molar-refractivity contribution >= 4 is 11.8 Å². The van der Waals surface area contributed by atoms with Crippen molar-refractivity contribution in [3.8, 4) is 0 Å². The molecule has 25 heavy (non-hydrogen) atoms. The van der Waals surface area contributed by atoms with Gasteiger partial charge in [0.05, 0.1) is 25.1 Å². The second-order valence-electron chi connectivity index (χ2n) is 6.76. The van der Waals surface area contributed by atoms with Crippen LogP contribution in [0.5, 0.6) is 0 Å². The van der Waals surface area contributed by atoms with Crippen LogP contribution in [0.25, 0.3) is 0 Å². The number of fused-ring (bicyclic) bond motifs is 1. The molecule has 0 radical (unpaired) electrons. The van der Waals surface area contributed by atoms with E-state index in [9.17, 15) is 9.59 Å². The van der Waals surface area contributed by atoms with Crippen molar-refractivity contribution in [1.29, 1.82) is 0 Å². The number of imidazole rings is 1. The average Bonchev–Trinajstić information content (AvgIpc) is 3.07. The van der Waals surface area contributed by atoms with Gasteiger partial charge in [0.2, 0.25) is 11.8 Å². The average molecular weight is 341 g/mol. The molecule has 3 heterocycles. The SMILES string of the molecule is CC(C)CC(=O)N1Cc2cncn2C(C(=O)NCc2cccnc2)C1. The predicted molar refractivity (Wildman–Crippen MR) is 92.2 cm³/mol. The van der Waals surface area contributed by atoms with Crippen molar-refractivity contribution in [1.82, 2.24) is 24.8 Å². The summed E-state index contributed by atoms with van der Waals surface area (Å²) in [6, 6.07) is 3.29. The zero-order valence-electron chi connectivity index (χ0n) is 14.6. The Morgan fingerprint density at radius 2 is 2.16 bits per heavy atom. The number of pyridine rings is 1. The van der Waals surface area contributed by atoms with E-state index in [1.54, 1.807) is 29.8 Å². The lowest BCUT2D eigenvalue weighted by atomic mass is 10.1. The number of hydrogen-bond donors (Lipinski definition) is 1. The molecule has 0 saturated heterocycles. The first kappa shape index (κ1) is 17.1. The molecule has 2 aromatic rings. The van der Waals surface area contributed by atoms with Crippen LogP contribution in [-0.2, 0) is 22.7 Å². The lowest BCUT2D eigenvalue weighted by Crippen LogP contribution is -2.46. The molecule has 0 aliphatic carbocycles. The number of hydrogen-bond acceptors (Lipinski definition) is 4. The Morgan fingerprint density at radius 3 is 2.88 bits per heavy atom. The number of nitrogens with zero attached hydrogens (tertiary/aromatic N) is 4. The van der Waals surface area contributed by atoms with E-state index in [1.165, 1.54) is 0 Å². The summed E-state index contributed by atoms with van der Waals surface area (Å²) in [7, 11) is 0. The largest absolute Gasteiger partial charge is 0.350 e. The number of nitrogens with one attached hydrogen (secondary N) is 1. The summed E-state index contributed by atoms with van der Waals surface area (Å²) in [5, 5.41) is 2.93. The summed E-state index contributed by atoms with van der Waals surface area (Å²) in [5.41, 5.74) is 1.81. The van der Waals surface area contributed by atoms with E-state index in [2.05, 4.69) is 15.3 Å². The third-order valence-corrected chi connectivity index (χ3v) is 4.26. The summed E-state index contributed by atoms with van der Waals surface area (Å²) in [6.45, 7) is 5.31. The van der Waals surface area contributed by atoms with Crippen LogP contribution in [0.1, 0.15) is 37.6 Å². The van der Waals surface area contributed by atoms with Gasteiger partial charge in [-0.3, -0.25) is 14.6 Å². The Hall–Kier alpha value is -2.70. The lowest BCUT2D eigenvalue weighted by Gasteiger charge is -2.34. The van der Waals surface area contributed by atoms with E-state index in [1.807, 2.05) is 30.5 Å². The van der Waals surface area contributed by atoms with Crippen LogP contribution >= 0.6 is 0 Å². The minimum absolute atomic E-state index is 0.0764. The maximum Gasteiger partial charge on any atom is 0.245 e. The smallest absolute Gasteiger partial charge is 0.245 e. The first-order valence-electron chi connectivity index (χ1n) is 8.49. The molecule has 2 aromatic heterocycles. The van der Waals surface area contributed by atoms with Gasteiger partial charge in [0.25, 0.3) is 0 Å². The highest BCUT2D eigenvalue weighted by atomic mass is 16.2. The third kappa shape index (κ3) is 4.04. The molecule has 1 aliphatic heterocycles. The van der Waals surface area contributed by atoms with Gasteiger partial charge in [-0.2, -0.15) is 0 Å². The molecule has 3 rings (SSSR count). The Balaban J connectivity index is 1.71. The Morgan fingerprint density at radius 1 is 1.32 bits per heavy atom. The molecule has 7 heteroatoms. The number of rotatable bonds is 5. The van der Waals surface area contributed by atoms with Gasteiger partial charge in [-0.25, -0.2) is 4.98 Å². The fourth-order valence-electron chi connectivity index (χ4n) is 2.98. The Bertz CT molecular complexity index is 741. The molecular formula is C18H23N5O2. The summed E-state index contributed by atoms with van der Waals surface area (Å²) < 4.78 is 1.86. The van der Waals surface area contributed by atoms with E-state index in [0.29, 0.717) is 26.1 Å². The van der Waals surface area contributed by atoms with Crippen LogP contribution in [-0.4, -0.2) is 37.8 Å². The van der Waals surface area contributed by atoms with Crippen molar-refractivity contribution < 1.29 is 9.59 Å². The number of aromatic nitrogens is 3. The van der Waals surface area contributed by atoms with Crippen LogP contribution in [0.4, 0.5) is 0 Å². The van der Waals surface area contributed by atoms with Crippen LogP contribution in [0.3, 0.4) is 0 Å². The van der Waals surface area contributed by atoms with Crippen LogP contribution in [0, 0.1) is 5.92 Å². The van der Waals surface area contributed by atoms with Gasteiger partial charge in [0, 0.05) is 31.6 Å². The van der Waals surface area contributed by atoms with E-state index >= 15 is 0 Å². The maximum atomic E-state index is 12.7. The lowest BCUT2D eigenvalue weighted by molar-refractivity contribution is -0.136. The van der Waals surface area contributed by atoms with Crippen LogP contribution in [0.2, 0.25) is 0 Å². The van der Waals surface area contributed by atoms with Gasteiger partial charge in [0.15, 0.2) is 0 Å². The van der Waals surface area contributed by atoms with E-state index in [-0.39, 0.29) is 17.7 Å². The molecule has 1 aliphatic rings. The van der Waals surface area contributed by atoms with E-state index in [4.69, 9.17) is 0 Å². The van der Waals surface area contributed by atoms with Gasteiger partial charge in [-0.15, -0.1) is 0 Å². The normalized spacial score (nSPS) is 16.6. The molecular weight excluding hydrogens is 318 g/mol. The van der Waals surface area contributed by atoms with Gasteiger partial charge >= 0.3 is 0 Å². The second-order valence-corrected chi connectivity index (χ2v) is 6.76. The topological polar surface area (TPSA) is 80.1 Å². The maximum absolute atomic E-state index is 12.7. The standard InChI is InChI=1S/C18H23N5O2/c1-13(2)6-17(24)22-10-15-9-20-12-23(15)16(11-22)18(25)21-8-14-4-3-5-19-7-14/h3-5,7,9,12-13,16H,6,8,10-11H2,1-2H3,(H,21,25). The van der Waals surface area contributed by atoms with Gasteiger partial charge < -0.3 is 14.8 Å². The minimum Gasteiger partial charge on any atom is -0.350 e. The number of carbonyl (C=O) groups is 2. The predicted octanol–water partition coefficient (Wildman–Crippen LogP) is 1.52. The van der Waals surface area contributed by atoms with Crippen LogP contribution in [0.15, 0.2) is 37.1 Å². The molecule has 2 amide bonds. The molecule has 0 aromatic carbocycles. The van der Waals surface area contributed by atoms with Crippen molar-refractivity contribution in [2.45, 2.75) is 39.4 Å². The van der Waals surface area contributed by atoms with Crippen molar-refractivity contribution in [3.63, 3.8) is 0 Å². The highest BCUT2D eigenvalue weighted by Crippen LogP contribution is 2.22. The van der Waals surface area contributed by atoms with Crippen molar-refractivity contribution in [2.75, 3.05) is 6.54 Å². The molecule has 0 spiro atoms. The molecule has 7 nitrogen and oxygen atoms in total. The highest BCUT2D eigenvalue weighted by Gasteiger charge is 2.32. The fraction of sp³-hybridized carbons (Fsp3) is 0.444. The van der Waals surface area contributed by atoms with Gasteiger partial charge in [-0.05, 0) is 17.5 Å². The molecule has 1 unspecified atom stereocenters. The van der Waals surface area contributed by atoms with Crippen molar-refractivity contribution in [2.24, 2.45) is 5.92 Å². The molecule has 1 N–H and O–H groups in total. The first-order chi connectivity index (χ1) is 12.0. The quantitative estimate of drug-likeness (QED) is 0.894. The zero-order valence-corrected chi connectivity index (χ0v) is 14.6. The number of amides is 2. The minimum atomic E-state index is -0.459. The second kappa shape index (κ2) is 7.46. The molecule has 1 atom stereocenters. The fourth-order valence-corrected chi connectivity index (χ4v) is 2.98. The first-order valence-corrected chi connectivity index (χ1v) is 8.49. The van der Waals surface area contributed by atoms with Gasteiger partial charge in [0.1, 0.15) is 6.04 Å². The molecule has 132 valence electrons. The number of carbonyl (C=O) groups excluding carboxylic acids is 2. The molecule has 0 fully saturated rings. The van der Waals surface area contributed by atoms with E-state index < -0.39 is 6.04 Å². The Labute approximate surface area is 147 Å². The molecule has 0 bridgehead atoms. The summed E-state index contributed by atoms with van der Waals surface area (Å²) >= 11 is 0. The highest BCUT2D eigenvalue weighted by molar-refractivity contribution is 5.83. The summed E-state index contributed by atoms with van der Waals surface area (Å²) in [6.07, 6.45) is 7.28. The van der Waals surface area contributed by atoms with Crippen molar-refractivity contribution in [3.05, 3.63) is 48.3 Å². The van der Waals surface area contributed by atoms with Crippen LogP contribution < -0.4 is 5.32 Å². The van der Waals surface area contributed by atoms with Gasteiger partial charge in [-0.1, -0.05) is 19.9 Å². The Kier molecular flexibility index (Phi) is 5.11.